The van der Waals surface area contributed by atoms with Gasteiger partial charge in [-0.3, -0.25) is 4.90 Å². The quantitative estimate of drug-likeness (QED) is 0.839. The van der Waals surface area contributed by atoms with Crippen molar-refractivity contribution in [3.05, 3.63) is 16.1 Å². The third-order valence-electron chi connectivity index (χ3n) is 3.74. The van der Waals surface area contributed by atoms with Crippen LogP contribution in [0.2, 0.25) is 0 Å². The Bertz CT molecular complexity index is 408. The van der Waals surface area contributed by atoms with Gasteiger partial charge in [0, 0.05) is 31.1 Å². The molecule has 0 aliphatic carbocycles. The van der Waals surface area contributed by atoms with Crippen LogP contribution in [0.3, 0.4) is 0 Å². The first-order valence-corrected chi connectivity index (χ1v) is 8.40. The summed E-state index contributed by atoms with van der Waals surface area (Å²) in [4.78, 5) is 7.09. The van der Waals surface area contributed by atoms with Crippen LogP contribution in [0.25, 0.3) is 0 Å². The van der Waals surface area contributed by atoms with Crippen molar-refractivity contribution < 1.29 is 4.74 Å². The molecule has 114 valence electrons. The largest absolute Gasteiger partial charge is 0.377 e. The summed E-state index contributed by atoms with van der Waals surface area (Å²) < 4.78 is 5.64. The maximum atomic E-state index is 5.64. The first-order chi connectivity index (χ1) is 9.56. The minimum Gasteiger partial charge on any atom is -0.377 e. The van der Waals surface area contributed by atoms with Gasteiger partial charge in [-0.05, 0) is 32.9 Å². The van der Waals surface area contributed by atoms with Gasteiger partial charge < -0.3 is 10.1 Å². The Balaban J connectivity index is 1.80. The van der Waals surface area contributed by atoms with Gasteiger partial charge in [-0.1, -0.05) is 13.8 Å². The van der Waals surface area contributed by atoms with E-state index in [0.717, 1.165) is 32.7 Å². The molecule has 0 amide bonds. The molecule has 2 atom stereocenters. The van der Waals surface area contributed by atoms with E-state index >= 15 is 0 Å². The Kier molecular flexibility index (Phi) is 5.96. The van der Waals surface area contributed by atoms with Crippen LogP contribution in [0, 0.1) is 5.92 Å². The van der Waals surface area contributed by atoms with Gasteiger partial charge in [0.1, 0.15) is 5.01 Å². The molecule has 1 N–H and O–H groups in total. The van der Waals surface area contributed by atoms with E-state index in [4.69, 9.17) is 9.72 Å². The fraction of sp³-hybridized carbons (Fsp3) is 0.800. The molecule has 20 heavy (non-hydrogen) atoms. The van der Waals surface area contributed by atoms with Crippen LogP contribution in [0.1, 0.15) is 37.9 Å². The van der Waals surface area contributed by atoms with Crippen LogP contribution in [-0.2, 0) is 17.8 Å². The van der Waals surface area contributed by atoms with Gasteiger partial charge in [0.15, 0.2) is 0 Å². The van der Waals surface area contributed by atoms with Crippen molar-refractivity contribution in [3.8, 4) is 0 Å². The summed E-state index contributed by atoms with van der Waals surface area (Å²) in [6, 6.07) is 0.527. The third-order valence-corrected chi connectivity index (χ3v) is 4.64. The average molecular weight is 297 g/mol. The van der Waals surface area contributed by atoms with Gasteiger partial charge in [0.05, 0.1) is 11.8 Å². The van der Waals surface area contributed by atoms with Gasteiger partial charge in [-0.25, -0.2) is 4.98 Å². The molecule has 2 heterocycles. The second-order valence-electron chi connectivity index (χ2n) is 6.10. The summed E-state index contributed by atoms with van der Waals surface area (Å²) in [5.74, 6) is 0.685. The molecule has 1 saturated heterocycles. The van der Waals surface area contributed by atoms with Crippen LogP contribution in [0.4, 0.5) is 0 Å². The lowest BCUT2D eigenvalue weighted by Gasteiger charge is -2.25. The van der Waals surface area contributed by atoms with Gasteiger partial charge in [-0.2, -0.15) is 0 Å². The zero-order valence-electron chi connectivity index (χ0n) is 13.1. The number of hydrogen-bond donors (Lipinski definition) is 1. The van der Waals surface area contributed by atoms with Crippen molar-refractivity contribution >= 4 is 11.3 Å². The lowest BCUT2D eigenvalue weighted by molar-refractivity contribution is 0.0811. The Morgan fingerprint density at radius 1 is 1.55 bits per heavy atom. The van der Waals surface area contributed by atoms with Crippen LogP contribution in [0.5, 0.6) is 0 Å². The highest BCUT2D eigenvalue weighted by Gasteiger charge is 2.28. The smallest absolute Gasteiger partial charge is 0.107 e. The number of nitrogens with zero attached hydrogens (tertiary/aromatic N) is 2. The molecule has 1 aliphatic heterocycles. The molecular weight excluding hydrogens is 270 g/mol. The van der Waals surface area contributed by atoms with E-state index in [2.05, 4.69) is 43.4 Å². The highest BCUT2D eigenvalue weighted by molar-refractivity contribution is 7.09. The van der Waals surface area contributed by atoms with Crippen LogP contribution >= 0.6 is 11.3 Å². The molecule has 0 spiro atoms. The fourth-order valence-corrected chi connectivity index (χ4v) is 3.40. The van der Waals surface area contributed by atoms with Crippen molar-refractivity contribution in [1.82, 2.24) is 15.2 Å². The molecular formula is C15H27N3OS. The van der Waals surface area contributed by atoms with E-state index in [1.807, 2.05) is 0 Å². The lowest BCUT2D eigenvalue weighted by Crippen LogP contribution is -2.36. The average Bonchev–Trinajstić information content (AvgIpc) is 2.98. The molecule has 2 rings (SSSR count). The summed E-state index contributed by atoms with van der Waals surface area (Å²) >= 11 is 1.76. The van der Waals surface area contributed by atoms with E-state index < -0.39 is 0 Å². The predicted octanol–water partition coefficient (Wildman–Crippen LogP) is 2.50. The first-order valence-electron chi connectivity index (χ1n) is 7.52. The van der Waals surface area contributed by atoms with Crippen LogP contribution < -0.4 is 5.32 Å². The molecule has 2 unspecified atom stereocenters. The molecule has 4 nitrogen and oxygen atoms in total. The summed E-state index contributed by atoms with van der Waals surface area (Å²) in [5.41, 5.74) is 1.18. The van der Waals surface area contributed by atoms with Crippen molar-refractivity contribution in [3.63, 3.8) is 0 Å². The molecule has 1 aromatic rings. The molecule has 1 aliphatic rings. The Hall–Kier alpha value is -0.490. The molecule has 5 heteroatoms. The molecule has 1 fully saturated rings. The topological polar surface area (TPSA) is 37.4 Å². The van der Waals surface area contributed by atoms with E-state index in [0.29, 0.717) is 18.1 Å². The van der Waals surface area contributed by atoms with E-state index in [1.165, 1.54) is 10.7 Å². The number of likely N-dealkylation sites (N-methyl/N-ethyl adjacent to an activating group) is 1. The highest BCUT2D eigenvalue weighted by Crippen LogP contribution is 2.20. The summed E-state index contributed by atoms with van der Waals surface area (Å²) in [6.07, 6.45) is 1.47. The highest BCUT2D eigenvalue weighted by atomic mass is 32.1. The minimum absolute atomic E-state index is 0.339. The molecule has 0 bridgehead atoms. The van der Waals surface area contributed by atoms with Crippen molar-refractivity contribution in [2.75, 3.05) is 20.2 Å². The monoisotopic (exact) mass is 297 g/mol. The maximum absolute atomic E-state index is 5.64. The number of aromatic nitrogens is 1. The van der Waals surface area contributed by atoms with Gasteiger partial charge in [0.2, 0.25) is 0 Å². The molecule has 0 aromatic carbocycles. The van der Waals surface area contributed by atoms with Crippen molar-refractivity contribution in [2.24, 2.45) is 5.92 Å². The number of rotatable bonds is 7. The Labute approximate surface area is 126 Å². The van der Waals surface area contributed by atoms with Gasteiger partial charge >= 0.3 is 0 Å². The first kappa shape index (κ1) is 15.9. The zero-order chi connectivity index (χ0) is 14.5. The van der Waals surface area contributed by atoms with Crippen molar-refractivity contribution in [2.45, 2.75) is 52.4 Å². The third kappa shape index (κ3) is 4.52. The van der Waals surface area contributed by atoms with Crippen LogP contribution in [-0.4, -0.2) is 42.2 Å². The summed E-state index contributed by atoms with van der Waals surface area (Å²) in [7, 11) is 2.17. The second kappa shape index (κ2) is 7.50. The predicted molar refractivity (Wildman–Crippen MR) is 83.9 cm³/mol. The number of nitrogens with one attached hydrogen (secondary N) is 1. The zero-order valence-corrected chi connectivity index (χ0v) is 13.9. The molecule has 1 aromatic heterocycles. The summed E-state index contributed by atoms with van der Waals surface area (Å²) in [5, 5.41) is 6.81. The second-order valence-corrected chi connectivity index (χ2v) is 7.05. The standard InChI is InChI=1S/C15H27N3OS/c1-11(2)7-16-8-15-17-13(10-20-15)9-18(4)14-5-6-19-12(14)3/h10-12,14,16H,5-9H2,1-4H3. The molecule has 0 radical (unpaired) electrons. The fourth-order valence-electron chi connectivity index (χ4n) is 2.64. The Morgan fingerprint density at radius 3 is 3.00 bits per heavy atom. The number of ether oxygens (including phenoxy) is 1. The number of thiazole rings is 1. The maximum Gasteiger partial charge on any atom is 0.107 e. The number of hydrogen-bond acceptors (Lipinski definition) is 5. The summed E-state index contributed by atoms with van der Waals surface area (Å²) in [6.45, 7) is 10.3. The van der Waals surface area contributed by atoms with E-state index in [9.17, 15) is 0 Å². The van der Waals surface area contributed by atoms with Crippen LogP contribution in [0.15, 0.2) is 5.38 Å². The normalized spacial score (nSPS) is 23.1. The Morgan fingerprint density at radius 2 is 2.35 bits per heavy atom. The lowest BCUT2D eigenvalue weighted by atomic mass is 10.1. The van der Waals surface area contributed by atoms with E-state index in [-0.39, 0.29) is 0 Å². The SMILES string of the molecule is CC(C)CNCc1nc(CN(C)C2CCOC2C)cs1. The van der Waals surface area contributed by atoms with E-state index in [1.54, 1.807) is 11.3 Å². The van der Waals surface area contributed by atoms with Crippen molar-refractivity contribution in [1.29, 1.82) is 0 Å². The van der Waals surface area contributed by atoms with Gasteiger partial charge in [-0.15, -0.1) is 11.3 Å². The van der Waals surface area contributed by atoms with Gasteiger partial charge in [0.25, 0.3) is 0 Å². The minimum atomic E-state index is 0.339. The molecule has 0 saturated carbocycles.